The van der Waals surface area contributed by atoms with Gasteiger partial charge in [-0.15, -0.1) is 0 Å². The van der Waals surface area contributed by atoms with Crippen LogP contribution in [-0.4, -0.2) is 35.4 Å². The molecule has 0 aliphatic carbocycles. The van der Waals surface area contributed by atoms with Crippen LogP contribution in [0.1, 0.15) is 59.6 Å². The van der Waals surface area contributed by atoms with Crippen molar-refractivity contribution in [3.63, 3.8) is 0 Å². The molecular formula is C22H33NO5. The number of esters is 1. The van der Waals surface area contributed by atoms with Gasteiger partial charge in [-0.1, -0.05) is 18.2 Å². The first-order valence-corrected chi connectivity index (χ1v) is 9.46. The summed E-state index contributed by atoms with van der Waals surface area (Å²) in [6.07, 6.45) is 2.93. The number of hydrogen-bond acceptors (Lipinski definition) is 5. The number of rotatable bonds is 6. The van der Waals surface area contributed by atoms with Crippen LogP contribution < -0.4 is 10.1 Å². The fraction of sp³-hybridized carbons (Fsp3) is 0.545. The standard InChI is InChI=1S/C22H33NO5/c1-15(24)8-9-16-10-11-18(27-19(25)21(2,3)4)14-17(16)12-13-23-20(26)28-22(5,6)7/h8-11,14-15,24H,12-13H2,1-7H3,(H,23,26)/b9-8+/t15-/m0/s1. The molecule has 6 nitrogen and oxygen atoms in total. The molecule has 1 aromatic carbocycles. The van der Waals surface area contributed by atoms with Crippen LogP contribution in [0, 0.1) is 5.41 Å². The van der Waals surface area contributed by atoms with Crippen molar-refractivity contribution in [1.82, 2.24) is 5.32 Å². The van der Waals surface area contributed by atoms with E-state index < -0.39 is 23.2 Å². The third-order valence-electron chi connectivity index (χ3n) is 3.55. The van der Waals surface area contributed by atoms with Gasteiger partial charge in [0.2, 0.25) is 0 Å². The maximum Gasteiger partial charge on any atom is 0.407 e. The zero-order chi connectivity index (χ0) is 21.5. The molecule has 0 aliphatic rings. The number of nitrogens with one attached hydrogen (secondary N) is 1. The van der Waals surface area contributed by atoms with E-state index in [1.165, 1.54) is 0 Å². The predicted molar refractivity (Wildman–Crippen MR) is 110 cm³/mol. The lowest BCUT2D eigenvalue weighted by Gasteiger charge is -2.20. The van der Waals surface area contributed by atoms with Gasteiger partial charge in [0.1, 0.15) is 11.4 Å². The van der Waals surface area contributed by atoms with Crippen molar-refractivity contribution in [2.75, 3.05) is 6.54 Å². The van der Waals surface area contributed by atoms with E-state index in [2.05, 4.69) is 5.32 Å². The Morgan fingerprint density at radius 3 is 2.36 bits per heavy atom. The molecule has 2 N–H and O–H groups in total. The summed E-state index contributed by atoms with van der Waals surface area (Å²) in [4.78, 5) is 24.0. The van der Waals surface area contributed by atoms with Crippen LogP contribution in [0.4, 0.5) is 4.79 Å². The number of amides is 1. The minimum Gasteiger partial charge on any atom is -0.444 e. The quantitative estimate of drug-likeness (QED) is 0.563. The second-order valence-electron chi connectivity index (χ2n) is 8.78. The van der Waals surface area contributed by atoms with Crippen molar-refractivity contribution >= 4 is 18.1 Å². The Morgan fingerprint density at radius 2 is 1.82 bits per heavy atom. The first-order valence-electron chi connectivity index (χ1n) is 9.46. The fourth-order valence-electron chi connectivity index (χ4n) is 2.14. The van der Waals surface area contributed by atoms with Crippen molar-refractivity contribution in [3.05, 3.63) is 35.4 Å². The number of carbonyl (C=O) groups excluding carboxylic acids is 2. The van der Waals surface area contributed by atoms with E-state index in [9.17, 15) is 14.7 Å². The second-order valence-corrected chi connectivity index (χ2v) is 8.78. The average molecular weight is 392 g/mol. The van der Waals surface area contributed by atoms with Gasteiger partial charge in [-0.05, 0) is 78.1 Å². The number of aliphatic hydroxyl groups excluding tert-OH is 1. The van der Waals surface area contributed by atoms with E-state index in [4.69, 9.17) is 9.47 Å². The molecule has 156 valence electrons. The third kappa shape index (κ3) is 9.04. The van der Waals surface area contributed by atoms with Crippen LogP contribution in [0.15, 0.2) is 24.3 Å². The molecule has 1 rings (SSSR count). The maximum absolute atomic E-state index is 12.1. The van der Waals surface area contributed by atoms with Crippen molar-refractivity contribution < 1.29 is 24.2 Å². The fourth-order valence-corrected chi connectivity index (χ4v) is 2.14. The molecule has 0 aliphatic heterocycles. The number of aliphatic hydroxyl groups is 1. The molecule has 0 bridgehead atoms. The Balaban J connectivity index is 2.92. The molecule has 0 saturated heterocycles. The molecule has 1 aromatic rings. The van der Waals surface area contributed by atoms with Crippen LogP contribution in [0.3, 0.4) is 0 Å². The highest BCUT2D eigenvalue weighted by atomic mass is 16.6. The van der Waals surface area contributed by atoms with Gasteiger partial charge in [0.15, 0.2) is 0 Å². The Hall–Kier alpha value is -2.34. The van der Waals surface area contributed by atoms with Crippen LogP contribution in [-0.2, 0) is 16.0 Å². The Kier molecular flexibility index (Phi) is 8.24. The minimum absolute atomic E-state index is 0.322. The van der Waals surface area contributed by atoms with Gasteiger partial charge in [-0.3, -0.25) is 4.79 Å². The Labute approximate surface area is 167 Å². The van der Waals surface area contributed by atoms with Gasteiger partial charge in [0, 0.05) is 6.54 Å². The average Bonchev–Trinajstić information content (AvgIpc) is 2.51. The van der Waals surface area contributed by atoms with Crippen molar-refractivity contribution in [3.8, 4) is 5.75 Å². The van der Waals surface area contributed by atoms with E-state index in [0.29, 0.717) is 18.7 Å². The Bertz CT molecular complexity index is 709. The molecule has 6 heteroatoms. The number of alkyl carbamates (subject to hydrolysis) is 1. The summed E-state index contributed by atoms with van der Waals surface area (Å²) < 4.78 is 10.7. The lowest BCUT2D eigenvalue weighted by Crippen LogP contribution is -2.33. The molecule has 0 aromatic heterocycles. The summed E-state index contributed by atoms with van der Waals surface area (Å²) in [5.74, 6) is 0.124. The highest BCUT2D eigenvalue weighted by Crippen LogP contribution is 2.23. The van der Waals surface area contributed by atoms with Crippen molar-refractivity contribution in [1.29, 1.82) is 0 Å². The summed E-state index contributed by atoms with van der Waals surface area (Å²) >= 11 is 0. The highest BCUT2D eigenvalue weighted by molar-refractivity contribution is 5.78. The van der Waals surface area contributed by atoms with Gasteiger partial charge in [-0.25, -0.2) is 4.79 Å². The smallest absolute Gasteiger partial charge is 0.407 e. The van der Waals surface area contributed by atoms with Crippen LogP contribution in [0.25, 0.3) is 6.08 Å². The normalized spacial score (nSPS) is 13.3. The van der Waals surface area contributed by atoms with Gasteiger partial charge < -0.3 is 19.9 Å². The first-order chi connectivity index (χ1) is 12.8. The van der Waals surface area contributed by atoms with Gasteiger partial charge in [0.25, 0.3) is 0 Å². The molecule has 0 saturated carbocycles. The largest absolute Gasteiger partial charge is 0.444 e. The number of benzene rings is 1. The second kappa shape index (κ2) is 9.73. The van der Waals surface area contributed by atoms with Crippen LogP contribution >= 0.6 is 0 Å². The monoisotopic (exact) mass is 391 g/mol. The van der Waals surface area contributed by atoms with Gasteiger partial charge >= 0.3 is 12.1 Å². The summed E-state index contributed by atoms with van der Waals surface area (Å²) in [5, 5.41) is 12.2. The summed E-state index contributed by atoms with van der Waals surface area (Å²) in [6, 6.07) is 5.32. The molecule has 0 fully saturated rings. The van der Waals surface area contributed by atoms with Gasteiger partial charge in [0.05, 0.1) is 11.5 Å². The van der Waals surface area contributed by atoms with E-state index in [1.54, 1.807) is 66.7 Å². The van der Waals surface area contributed by atoms with E-state index >= 15 is 0 Å². The number of ether oxygens (including phenoxy) is 2. The molecule has 0 heterocycles. The number of carbonyl (C=O) groups is 2. The molecule has 28 heavy (non-hydrogen) atoms. The van der Waals surface area contributed by atoms with E-state index in [1.807, 2.05) is 12.1 Å². The van der Waals surface area contributed by atoms with Crippen LogP contribution in [0.2, 0.25) is 0 Å². The summed E-state index contributed by atoms with van der Waals surface area (Å²) in [5.41, 5.74) is 0.592. The summed E-state index contributed by atoms with van der Waals surface area (Å²) in [6.45, 7) is 12.8. The molecule has 0 spiro atoms. The number of hydrogen-bond donors (Lipinski definition) is 2. The SMILES string of the molecule is C[C@H](O)/C=C/c1ccc(OC(=O)C(C)(C)C)cc1CCNC(=O)OC(C)(C)C. The minimum atomic E-state index is -0.608. The maximum atomic E-state index is 12.1. The van der Waals surface area contributed by atoms with E-state index in [0.717, 1.165) is 11.1 Å². The molecular weight excluding hydrogens is 358 g/mol. The molecule has 0 radical (unpaired) electrons. The lowest BCUT2D eigenvalue weighted by atomic mass is 9.97. The van der Waals surface area contributed by atoms with Crippen LogP contribution in [0.5, 0.6) is 5.75 Å². The molecule has 1 amide bonds. The third-order valence-corrected chi connectivity index (χ3v) is 3.55. The molecule has 1 atom stereocenters. The lowest BCUT2D eigenvalue weighted by molar-refractivity contribution is -0.143. The van der Waals surface area contributed by atoms with Gasteiger partial charge in [-0.2, -0.15) is 0 Å². The molecule has 0 unspecified atom stereocenters. The Morgan fingerprint density at radius 1 is 1.18 bits per heavy atom. The topological polar surface area (TPSA) is 84.9 Å². The van der Waals surface area contributed by atoms with E-state index in [-0.39, 0.29) is 5.97 Å². The predicted octanol–water partition coefficient (Wildman–Crippen LogP) is 4.10. The zero-order valence-corrected chi connectivity index (χ0v) is 18.0. The van der Waals surface area contributed by atoms with Crippen molar-refractivity contribution in [2.45, 2.75) is 66.6 Å². The highest BCUT2D eigenvalue weighted by Gasteiger charge is 2.24. The zero-order valence-electron chi connectivity index (χ0n) is 18.0. The van der Waals surface area contributed by atoms with Crippen molar-refractivity contribution in [2.24, 2.45) is 5.41 Å². The summed E-state index contributed by atoms with van der Waals surface area (Å²) in [7, 11) is 0. The first kappa shape index (κ1) is 23.7.